The van der Waals surface area contributed by atoms with Gasteiger partial charge >= 0.3 is 6.03 Å². The smallest absolute Gasteiger partial charge is 0.319 e. The Morgan fingerprint density at radius 1 is 1.29 bits per heavy atom. The van der Waals surface area contributed by atoms with Crippen LogP contribution in [-0.4, -0.2) is 48.8 Å². The molecule has 0 unspecified atom stereocenters. The Kier molecular flexibility index (Phi) is 2.21. The van der Waals surface area contributed by atoms with Gasteiger partial charge in [0.25, 0.3) is 0 Å². The van der Waals surface area contributed by atoms with E-state index in [1.807, 2.05) is 4.90 Å². The summed E-state index contributed by atoms with van der Waals surface area (Å²) in [5.41, 5.74) is 0. The first-order chi connectivity index (χ1) is 6.58. The van der Waals surface area contributed by atoms with Crippen LogP contribution in [0, 0.1) is 11.8 Å². The summed E-state index contributed by atoms with van der Waals surface area (Å²) >= 11 is 0. The van der Waals surface area contributed by atoms with E-state index in [9.17, 15) is 9.59 Å². The van der Waals surface area contributed by atoms with Crippen molar-refractivity contribution in [2.75, 3.05) is 27.2 Å². The van der Waals surface area contributed by atoms with Gasteiger partial charge in [0, 0.05) is 40.0 Å². The van der Waals surface area contributed by atoms with Crippen molar-refractivity contribution in [2.45, 2.75) is 12.8 Å². The van der Waals surface area contributed by atoms with E-state index in [4.69, 9.17) is 0 Å². The predicted octanol–water partition coefficient (Wildman–Crippen LogP) is 0.579. The van der Waals surface area contributed by atoms with E-state index in [1.54, 1.807) is 19.0 Å². The van der Waals surface area contributed by atoms with E-state index in [2.05, 4.69) is 0 Å². The molecule has 1 aliphatic carbocycles. The molecule has 0 aromatic carbocycles. The van der Waals surface area contributed by atoms with Gasteiger partial charge in [0.2, 0.25) is 0 Å². The summed E-state index contributed by atoms with van der Waals surface area (Å²) < 4.78 is 0. The zero-order valence-corrected chi connectivity index (χ0v) is 8.69. The molecule has 78 valence electrons. The van der Waals surface area contributed by atoms with Gasteiger partial charge < -0.3 is 9.80 Å². The van der Waals surface area contributed by atoms with Crippen LogP contribution in [-0.2, 0) is 4.79 Å². The van der Waals surface area contributed by atoms with Crippen molar-refractivity contribution in [3.05, 3.63) is 0 Å². The van der Waals surface area contributed by atoms with Gasteiger partial charge in [-0.15, -0.1) is 0 Å². The quantitative estimate of drug-likeness (QED) is 0.568. The van der Waals surface area contributed by atoms with Gasteiger partial charge in [0.05, 0.1) is 0 Å². The summed E-state index contributed by atoms with van der Waals surface area (Å²) in [7, 11) is 3.53. The number of carbonyl (C=O) groups is 2. The zero-order chi connectivity index (χ0) is 10.3. The standard InChI is InChI=1S/C10H16N2O2/c1-11(2)10(14)12-5-7-3-9(13)4-8(7)6-12/h7-8H,3-6H2,1-2H3/t7-,8+. The maximum Gasteiger partial charge on any atom is 0.319 e. The molecule has 2 amide bonds. The maximum absolute atomic E-state index is 11.6. The van der Waals surface area contributed by atoms with Crippen LogP contribution in [0.15, 0.2) is 0 Å². The molecule has 0 aromatic rings. The fourth-order valence-corrected chi connectivity index (χ4v) is 2.51. The van der Waals surface area contributed by atoms with E-state index in [1.165, 1.54) is 0 Å². The topological polar surface area (TPSA) is 40.6 Å². The molecular weight excluding hydrogens is 180 g/mol. The van der Waals surface area contributed by atoms with Crippen molar-refractivity contribution in [1.29, 1.82) is 0 Å². The fraction of sp³-hybridized carbons (Fsp3) is 0.800. The SMILES string of the molecule is CN(C)C(=O)N1C[C@H]2CC(=O)C[C@H]2C1. The minimum absolute atomic E-state index is 0.0758. The number of rotatable bonds is 0. The molecule has 0 bridgehead atoms. The van der Waals surface area contributed by atoms with E-state index >= 15 is 0 Å². The zero-order valence-electron chi connectivity index (χ0n) is 8.69. The van der Waals surface area contributed by atoms with Crippen molar-refractivity contribution in [3.63, 3.8) is 0 Å². The third kappa shape index (κ3) is 1.49. The summed E-state index contributed by atoms with van der Waals surface area (Å²) in [6.07, 6.45) is 1.36. The first-order valence-electron chi connectivity index (χ1n) is 5.06. The van der Waals surface area contributed by atoms with Gasteiger partial charge in [-0.1, -0.05) is 0 Å². The number of nitrogens with zero attached hydrogens (tertiary/aromatic N) is 2. The van der Waals surface area contributed by atoms with Gasteiger partial charge in [0.1, 0.15) is 5.78 Å². The van der Waals surface area contributed by atoms with Crippen molar-refractivity contribution in [3.8, 4) is 0 Å². The van der Waals surface area contributed by atoms with Crippen LogP contribution in [0.4, 0.5) is 4.79 Å². The molecule has 0 aromatic heterocycles. The van der Waals surface area contributed by atoms with E-state index in [0.717, 1.165) is 13.1 Å². The Hall–Kier alpha value is -1.06. The summed E-state index contributed by atoms with van der Waals surface area (Å²) in [4.78, 5) is 26.2. The second-order valence-corrected chi connectivity index (χ2v) is 4.55. The van der Waals surface area contributed by atoms with Crippen LogP contribution in [0.25, 0.3) is 0 Å². The summed E-state index contributed by atoms with van der Waals surface area (Å²) in [5.74, 6) is 1.25. The Labute approximate surface area is 83.9 Å². The van der Waals surface area contributed by atoms with E-state index in [0.29, 0.717) is 30.5 Å². The molecule has 0 radical (unpaired) electrons. The third-order valence-electron chi connectivity index (χ3n) is 3.21. The highest BCUT2D eigenvalue weighted by Crippen LogP contribution is 2.35. The molecule has 2 aliphatic rings. The Bertz CT molecular complexity index is 259. The molecule has 0 N–H and O–H groups in total. The number of likely N-dealkylation sites (tertiary alicyclic amines) is 1. The molecule has 0 spiro atoms. The largest absolute Gasteiger partial charge is 0.331 e. The predicted molar refractivity (Wildman–Crippen MR) is 51.9 cm³/mol. The maximum atomic E-state index is 11.6. The monoisotopic (exact) mass is 196 g/mol. The van der Waals surface area contributed by atoms with Crippen LogP contribution in [0.2, 0.25) is 0 Å². The normalized spacial score (nSPS) is 30.7. The Balaban J connectivity index is 1.97. The van der Waals surface area contributed by atoms with Gasteiger partial charge in [-0.05, 0) is 11.8 Å². The first-order valence-corrected chi connectivity index (χ1v) is 5.06. The van der Waals surface area contributed by atoms with Crippen molar-refractivity contribution in [1.82, 2.24) is 9.80 Å². The van der Waals surface area contributed by atoms with Crippen LogP contribution in [0.1, 0.15) is 12.8 Å². The van der Waals surface area contributed by atoms with Crippen LogP contribution >= 0.6 is 0 Å². The number of fused-ring (bicyclic) bond motifs is 1. The van der Waals surface area contributed by atoms with Crippen molar-refractivity contribution >= 4 is 11.8 Å². The van der Waals surface area contributed by atoms with Gasteiger partial charge in [0.15, 0.2) is 0 Å². The Morgan fingerprint density at radius 3 is 2.21 bits per heavy atom. The lowest BCUT2D eigenvalue weighted by Crippen LogP contribution is -2.38. The number of ketones is 1. The second-order valence-electron chi connectivity index (χ2n) is 4.55. The summed E-state index contributed by atoms with van der Waals surface area (Å²) in [6, 6.07) is 0.0758. The number of carbonyl (C=O) groups excluding carboxylic acids is 2. The van der Waals surface area contributed by atoms with Crippen LogP contribution in [0.3, 0.4) is 0 Å². The molecule has 1 saturated carbocycles. The molecule has 2 rings (SSSR count). The van der Waals surface area contributed by atoms with Gasteiger partial charge in [-0.25, -0.2) is 4.79 Å². The van der Waals surface area contributed by atoms with E-state index in [-0.39, 0.29) is 6.03 Å². The average molecular weight is 196 g/mol. The first kappa shape index (κ1) is 9.49. The molecule has 1 heterocycles. The highest BCUT2D eigenvalue weighted by molar-refractivity contribution is 5.82. The lowest BCUT2D eigenvalue weighted by Gasteiger charge is -2.21. The average Bonchev–Trinajstić information content (AvgIpc) is 2.59. The summed E-state index contributed by atoms with van der Waals surface area (Å²) in [5, 5.41) is 0. The Morgan fingerprint density at radius 2 is 1.79 bits per heavy atom. The number of hydrogen-bond acceptors (Lipinski definition) is 2. The van der Waals surface area contributed by atoms with Gasteiger partial charge in [-0.2, -0.15) is 0 Å². The van der Waals surface area contributed by atoms with Gasteiger partial charge in [-0.3, -0.25) is 4.79 Å². The minimum Gasteiger partial charge on any atom is -0.331 e. The summed E-state index contributed by atoms with van der Waals surface area (Å²) in [6.45, 7) is 1.54. The van der Waals surface area contributed by atoms with Crippen molar-refractivity contribution < 1.29 is 9.59 Å². The number of hydrogen-bond donors (Lipinski definition) is 0. The molecular formula is C10H16N2O2. The number of urea groups is 1. The minimum atomic E-state index is 0.0758. The van der Waals surface area contributed by atoms with Crippen LogP contribution in [0.5, 0.6) is 0 Å². The second kappa shape index (κ2) is 3.26. The molecule has 1 saturated heterocycles. The molecule has 4 heteroatoms. The molecule has 1 aliphatic heterocycles. The number of amides is 2. The number of Topliss-reactive ketones (excluding diaryl/α,β-unsaturated/α-hetero) is 1. The fourth-order valence-electron chi connectivity index (χ4n) is 2.51. The molecule has 2 atom stereocenters. The lowest BCUT2D eigenvalue weighted by molar-refractivity contribution is -0.117. The van der Waals surface area contributed by atoms with Crippen molar-refractivity contribution in [2.24, 2.45) is 11.8 Å². The lowest BCUT2D eigenvalue weighted by atomic mass is 10.0. The highest BCUT2D eigenvalue weighted by atomic mass is 16.2. The molecule has 14 heavy (non-hydrogen) atoms. The third-order valence-corrected chi connectivity index (χ3v) is 3.21. The van der Waals surface area contributed by atoms with E-state index < -0.39 is 0 Å². The molecule has 2 fully saturated rings. The molecule has 4 nitrogen and oxygen atoms in total. The highest BCUT2D eigenvalue weighted by Gasteiger charge is 2.41. The van der Waals surface area contributed by atoms with Crippen LogP contribution < -0.4 is 0 Å².